The number of carbonyl (C=O) groups is 8. The van der Waals surface area contributed by atoms with Crippen LogP contribution < -0.4 is 31.5 Å². The number of pyridine rings is 2. The molecular formula is C61H58N14O13S6. The number of aromatic carboxylic acids is 1. The van der Waals surface area contributed by atoms with Gasteiger partial charge < -0.3 is 51.4 Å². The molecule has 0 saturated heterocycles. The zero-order chi connectivity index (χ0) is 66.5. The molecule has 1 aliphatic carbocycles. The van der Waals surface area contributed by atoms with Gasteiger partial charge in [-0.1, -0.05) is 44.2 Å². The van der Waals surface area contributed by atoms with Gasteiger partial charge in [0.25, 0.3) is 17.7 Å². The Morgan fingerprint density at radius 1 is 0.691 bits per heavy atom. The minimum atomic E-state index is -1.32. The topological polar surface area (TPSA) is 382 Å². The SMILES string of the molecule is CNC(=O)C[C@@H]1NC(=O)c2csc(n2)-c2ccc(-c3nc(N(C(=O)OC4CCC(C(=O)O)CC4)c4ccc(C(=O)O)nc4)cs3)nc2-c2csc(n2)-c2csc(n2)[C@H]([C@@H](O)c2ccccc2)NC(=O)CNC(=O)c2nc(sc2COC)[C@H](C(C)C)NC(=O)c2nc1sc2C. The van der Waals surface area contributed by atoms with Crippen molar-refractivity contribution in [1.29, 1.82) is 0 Å². The molecule has 10 bridgehead atoms. The first kappa shape index (κ1) is 66.2. The minimum absolute atomic E-state index is 0.0195. The van der Waals surface area contributed by atoms with Crippen molar-refractivity contribution in [2.45, 2.75) is 89.8 Å². The van der Waals surface area contributed by atoms with Crippen molar-refractivity contribution >= 4 is 127 Å². The molecule has 4 atom stereocenters. The number of aryl methyl sites for hydroxylation is 1. The predicted molar refractivity (Wildman–Crippen MR) is 350 cm³/mol. The molecule has 9 heterocycles. The molecule has 9 aromatic rings. The predicted octanol–water partition coefficient (Wildman–Crippen LogP) is 9.32. The Balaban J connectivity index is 0.987. The van der Waals surface area contributed by atoms with Crippen LogP contribution in [0.2, 0.25) is 0 Å². The Labute approximate surface area is 559 Å². The molecule has 1 aromatic carbocycles. The number of carboxylic acid groups (broad SMARTS) is 2. The van der Waals surface area contributed by atoms with Crippen molar-refractivity contribution in [3.05, 3.63) is 135 Å². The van der Waals surface area contributed by atoms with E-state index >= 15 is 0 Å². The molecule has 1 saturated carbocycles. The lowest BCUT2D eigenvalue weighted by molar-refractivity contribution is -0.143. The van der Waals surface area contributed by atoms with Gasteiger partial charge in [0, 0.05) is 46.1 Å². The van der Waals surface area contributed by atoms with Gasteiger partial charge in [-0.05, 0) is 68.4 Å². The van der Waals surface area contributed by atoms with Crippen LogP contribution in [0.3, 0.4) is 0 Å². The molecule has 94 heavy (non-hydrogen) atoms. The van der Waals surface area contributed by atoms with Gasteiger partial charge >= 0.3 is 18.0 Å². The highest BCUT2D eigenvalue weighted by atomic mass is 32.1. The summed E-state index contributed by atoms with van der Waals surface area (Å²) in [6.45, 7) is 4.86. The second kappa shape index (κ2) is 29.0. The minimum Gasteiger partial charge on any atom is -0.481 e. The smallest absolute Gasteiger partial charge is 0.420 e. The van der Waals surface area contributed by atoms with Crippen LogP contribution in [0.1, 0.15) is 142 Å². The van der Waals surface area contributed by atoms with Gasteiger partial charge in [-0.15, -0.1) is 68.0 Å². The molecule has 27 nitrogen and oxygen atoms in total. The highest BCUT2D eigenvalue weighted by molar-refractivity contribution is 7.15. The summed E-state index contributed by atoms with van der Waals surface area (Å²) in [5.41, 5.74) is 2.02. The average molecular weight is 1390 g/mol. The molecule has 1 aliphatic heterocycles. The van der Waals surface area contributed by atoms with E-state index in [9.17, 15) is 53.7 Å². The second-order valence-corrected chi connectivity index (χ2v) is 27.7. The summed E-state index contributed by atoms with van der Waals surface area (Å²) in [5.74, 6) is -6.02. The first-order valence-electron chi connectivity index (χ1n) is 29.1. The van der Waals surface area contributed by atoms with Gasteiger partial charge in [0.15, 0.2) is 5.82 Å². The lowest BCUT2D eigenvalue weighted by atomic mass is 9.87. The van der Waals surface area contributed by atoms with E-state index in [1.165, 1.54) is 43.8 Å². The van der Waals surface area contributed by atoms with Crippen LogP contribution in [0, 0.1) is 18.8 Å². The van der Waals surface area contributed by atoms with E-state index in [1.807, 2.05) is 13.8 Å². The number of aliphatic carboxylic acids is 1. The Hall–Kier alpha value is -9.22. The number of fused-ring (bicyclic) bond motifs is 14. The number of thiazole rings is 6. The van der Waals surface area contributed by atoms with Crippen LogP contribution in [-0.2, 0) is 30.5 Å². The molecule has 33 heteroatoms. The number of carboxylic acids is 2. The summed E-state index contributed by atoms with van der Waals surface area (Å²) in [4.78, 5) is 148. The van der Waals surface area contributed by atoms with Gasteiger partial charge in [-0.25, -0.2) is 54.4 Å². The normalized spacial score (nSPS) is 18.2. The van der Waals surface area contributed by atoms with Crippen LogP contribution in [0.25, 0.3) is 43.4 Å². The van der Waals surface area contributed by atoms with E-state index in [0.29, 0.717) is 88.7 Å². The van der Waals surface area contributed by atoms with Gasteiger partial charge in [0.05, 0.1) is 60.0 Å². The maximum atomic E-state index is 14.5. The van der Waals surface area contributed by atoms with Gasteiger partial charge in [0.2, 0.25) is 11.8 Å². The lowest BCUT2D eigenvalue weighted by Gasteiger charge is -2.28. The maximum Gasteiger partial charge on any atom is 0.420 e. The summed E-state index contributed by atoms with van der Waals surface area (Å²) >= 11 is 6.89. The summed E-state index contributed by atoms with van der Waals surface area (Å²) in [7, 11) is 2.91. The van der Waals surface area contributed by atoms with Crippen molar-refractivity contribution in [3.63, 3.8) is 0 Å². The number of rotatable bonds is 13. The van der Waals surface area contributed by atoms with Crippen molar-refractivity contribution < 1.29 is 63.1 Å². The molecule has 486 valence electrons. The van der Waals surface area contributed by atoms with E-state index in [-0.39, 0.29) is 63.9 Å². The number of ether oxygens (including phenoxy) is 2. The standard InChI is InChI=1S/C61H58N14O13S6/c1-27(2)44-58-74-47(40(94-58)22-87-5)51(80)64-21-43(77)71-48(49(78)29-9-7-6-8-10-29)57-69-39(25-91-57)55-67-37(23-90-55)46-33(53-68-38(24-89-53)50(79)66-36(19-42(76)62-4)56-73-45(28(3)93-56)52(81)72-44)16-18-34(65-46)54-70-41(26-92-54)75(31-13-17-35(60(84)85)63-20-31)61(86)88-32-14-11-30(12-15-32)59(82)83/h6-10,13,16-18,20,23-27,30,32,36,44,48-49,78H,11-12,14-15,19,21-22H2,1-5H3,(H,62,76)(H,64,80)(H,66,79)(H,71,77)(H,72,81)(H,82,83)(H,84,85)/t30?,32?,36-,44-,48-,49-/m0/s1. The Bertz CT molecular complexity index is 4330. The van der Waals surface area contributed by atoms with Crippen LogP contribution in [-0.4, -0.2) is 130 Å². The highest BCUT2D eigenvalue weighted by Gasteiger charge is 2.35. The molecule has 11 rings (SSSR count). The third-order valence-corrected chi connectivity index (χ3v) is 20.9. The van der Waals surface area contributed by atoms with E-state index < -0.39 is 90.4 Å². The van der Waals surface area contributed by atoms with Crippen molar-refractivity contribution in [1.82, 2.24) is 66.5 Å². The van der Waals surface area contributed by atoms with Crippen molar-refractivity contribution in [2.24, 2.45) is 11.8 Å². The number of nitrogens with zero attached hydrogens (tertiary/aromatic N) is 9. The maximum absolute atomic E-state index is 14.5. The fourth-order valence-corrected chi connectivity index (χ4v) is 15.8. The number of amides is 6. The summed E-state index contributed by atoms with van der Waals surface area (Å²) in [6.07, 6.45) is -0.636. The molecule has 0 radical (unpaired) electrons. The van der Waals surface area contributed by atoms with Gasteiger partial charge in [-0.2, -0.15) is 0 Å². The number of methoxy groups -OCH3 is 1. The molecule has 2 aliphatic rings. The van der Waals surface area contributed by atoms with Crippen molar-refractivity contribution in [2.75, 3.05) is 25.6 Å². The van der Waals surface area contributed by atoms with Crippen molar-refractivity contribution in [3.8, 4) is 43.4 Å². The Kier molecular flexibility index (Phi) is 20.4. The van der Waals surface area contributed by atoms with Crippen LogP contribution >= 0.6 is 68.0 Å². The Morgan fingerprint density at radius 2 is 1.40 bits per heavy atom. The number of hydrogen-bond donors (Lipinski definition) is 8. The molecule has 0 spiro atoms. The third-order valence-electron chi connectivity index (χ3n) is 15.2. The molecule has 1 fully saturated rings. The monoisotopic (exact) mass is 1390 g/mol. The second-order valence-electron chi connectivity index (χ2n) is 21.9. The zero-order valence-electron chi connectivity index (χ0n) is 50.5. The summed E-state index contributed by atoms with van der Waals surface area (Å²) in [5, 5.41) is 53.9. The number of nitrogens with one attached hydrogen (secondary N) is 5. The van der Waals surface area contributed by atoms with Crippen LogP contribution in [0.15, 0.2) is 82.3 Å². The molecule has 6 amide bonds. The van der Waals surface area contributed by atoms with E-state index in [2.05, 4.69) is 31.6 Å². The number of carbonyl (C=O) groups excluding carboxylic acids is 6. The quantitative estimate of drug-likeness (QED) is 0.0532. The fraction of sp³-hybridized carbons (Fsp3) is 0.311. The number of anilines is 2. The lowest BCUT2D eigenvalue weighted by Crippen LogP contribution is -2.40. The summed E-state index contributed by atoms with van der Waals surface area (Å²) in [6, 6.07) is 11.8. The largest absolute Gasteiger partial charge is 0.481 e. The van der Waals surface area contributed by atoms with E-state index in [1.54, 1.807) is 70.9 Å². The van der Waals surface area contributed by atoms with E-state index in [4.69, 9.17) is 44.4 Å². The number of hydrogen-bond acceptors (Lipinski definition) is 25. The van der Waals surface area contributed by atoms with Crippen LogP contribution in [0.5, 0.6) is 0 Å². The Morgan fingerprint density at radius 3 is 2.12 bits per heavy atom. The molecule has 8 aromatic heterocycles. The number of aliphatic hydroxyl groups is 1. The fourth-order valence-electron chi connectivity index (χ4n) is 10.3. The highest BCUT2D eigenvalue weighted by Crippen LogP contribution is 2.41. The number of benzene rings is 1. The van der Waals surface area contributed by atoms with E-state index in [0.717, 1.165) is 61.6 Å². The first-order chi connectivity index (χ1) is 45.2. The zero-order valence-corrected chi connectivity index (χ0v) is 55.4. The summed E-state index contributed by atoms with van der Waals surface area (Å²) < 4.78 is 11.4. The molecule has 0 unspecified atom stereocenters. The van der Waals surface area contributed by atoms with Gasteiger partial charge in [-0.3, -0.25) is 28.8 Å². The number of aromatic nitrogens is 8. The third kappa shape index (κ3) is 14.7. The molecule has 8 N–H and O–H groups in total. The first-order valence-corrected chi connectivity index (χ1v) is 34.2. The molecular weight excluding hydrogens is 1330 g/mol. The number of aliphatic hydroxyl groups excluding tert-OH is 1. The van der Waals surface area contributed by atoms with Crippen LogP contribution in [0.4, 0.5) is 16.3 Å². The van der Waals surface area contributed by atoms with Gasteiger partial charge in [0.1, 0.15) is 88.2 Å². The average Bonchev–Trinajstić information content (AvgIpc) is 1.73.